The molecular weight excluding hydrogens is 503 g/mol. The molecule has 2 rings (SSSR count). The third kappa shape index (κ3) is 7.71. The van der Waals surface area contributed by atoms with Crippen molar-refractivity contribution in [2.45, 2.75) is 65.6 Å². The molecule has 3 N–H and O–H groups in total. The second-order valence-electron chi connectivity index (χ2n) is 9.11. The molecule has 0 aromatic heterocycles. The molecule has 3 amide bonds. The Labute approximate surface area is 218 Å². The minimum Gasteiger partial charge on any atom is -0.481 e. The molecule has 9 nitrogen and oxygen atoms in total. The fraction of sp³-hybridized carbons (Fsp3) is 0.522. The summed E-state index contributed by atoms with van der Waals surface area (Å²) in [5, 5.41) is 14.0. The van der Waals surface area contributed by atoms with Crippen LogP contribution in [0.3, 0.4) is 0 Å². The average molecular weight is 533 g/mol. The first-order valence-electron chi connectivity index (χ1n) is 10.4. The number of hydrogen-bond acceptors (Lipinski definition) is 5. The van der Waals surface area contributed by atoms with Crippen molar-refractivity contribution in [3.63, 3.8) is 0 Å². The van der Waals surface area contributed by atoms with Crippen molar-refractivity contribution in [2.24, 2.45) is 5.41 Å². The number of aliphatic carboxylic acids is 1. The quantitative estimate of drug-likeness (QED) is 0.338. The van der Waals surface area contributed by atoms with Crippen molar-refractivity contribution in [1.82, 2.24) is 15.5 Å². The number of carboxylic acids is 1. The molecule has 1 aliphatic heterocycles. The monoisotopic (exact) mass is 533 g/mol. The summed E-state index contributed by atoms with van der Waals surface area (Å²) >= 11 is 0. The number of benzene rings is 1. The fourth-order valence-electron chi connectivity index (χ4n) is 3.84. The number of rotatable bonds is 8. The maximum absolute atomic E-state index is 13.2. The van der Waals surface area contributed by atoms with Gasteiger partial charge in [-0.25, -0.2) is 0 Å². The molecule has 1 radical (unpaired) electrons. The van der Waals surface area contributed by atoms with Crippen LogP contribution in [0, 0.1) is 25.3 Å². The molecule has 0 saturated carbocycles. The summed E-state index contributed by atoms with van der Waals surface area (Å²) in [4.78, 5) is 62.1. The Balaban J connectivity index is 0.00000544. The zero-order valence-corrected chi connectivity index (χ0v) is 22.4. The van der Waals surface area contributed by atoms with Gasteiger partial charge in [-0.3, -0.25) is 19.2 Å². The number of nitrogens with zero attached hydrogens (tertiary/aromatic N) is 1. The molecule has 177 valence electrons. The first-order valence-corrected chi connectivity index (χ1v) is 10.4. The van der Waals surface area contributed by atoms with Gasteiger partial charge in [-0.05, 0) is 18.8 Å². The zero-order chi connectivity index (χ0) is 24.2. The molecular formula is C23H30N3O6Y-. The van der Waals surface area contributed by atoms with Crippen LogP contribution in [-0.2, 0) is 51.9 Å². The summed E-state index contributed by atoms with van der Waals surface area (Å²) in [7, 11) is 0. The van der Waals surface area contributed by atoms with Crippen molar-refractivity contribution in [2.75, 3.05) is 6.54 Å². The molecule has 1 aromatic carbocycles. The van der Waals surface area contributed by atoms with Crippen LogP contribution in [0.4, 0.5) is 0 Å². The Morgan fingerprint density at radius 2 is 1.91 bits per heavy atom. The van der Waals surface area contributed by atoms with E-state index < -0.39 is 48.2 Å². The van der Waals surface area contributed by atoms with Gasteiger partial charge in [-0.15, -0.1) is 5.56 Å². The van der Waals surface area contributed by atoms with Crippen molar-refractivity contribution in [3.05, 3.63) is 34.9 Å². The van der Waals surface area contributed by atoms with E-state index in [1.165, 1.54) is 4.90 Å². The molecule has 0 bridgehead atoms. The van der Waals surface area contributed by atoms with Crippen molar-refractivity contribution < 1.29 is 61.8 Å². The summed E-state index contributed by atoms with van der Waals surface area (Å²) < 4.78 is 0. The maximum Gasteiger partial charge on any atom is 0.305 e. The minimum atomic E-state index is -1.22. The van der Waals surface area contributed by atoms with Gasteiger partial charge in [0.1, 0.15) is 18.4 Å². The number of hydrogen-bond donors (Lipinski definition) is 3. The molecule has 0 unspecified atom stereocenters. The van der Waals surface area contributed by atoms with Crippen molar-refractivity contribution >= 4 is 30.0 Å². The molecule has 0 spiro atoms. The summed E-state index contributed by atoms with van der Waals surface area (Å²) in [6, 6.07) is 3.47. The largest absolute Gasteiger partial charge is 0.481 e. The first-order chi connectivity index (χ1) is 14.8. The summed E-state index contributed by atoms with van der Waals surface area (Å²) in [6.45, 7) is 9.25. The third-order valence-corrected chi connectivity index (χ3v) is 5.46. The number of aryl methyl sites for hydroxylation is 2. The molecule has 1 aromatic rings. The van der Waals surface area contributed by atoms with E-state index in [9.17, 15) is 24.0 Å². The van der Waals surface area contributed by atoms with Gasteiger partial charge in [0.05, 0.1) is 12.5 Å². The second-order valence-corrected chi connectivity index (χ2v) is 9.11. The average Bonchev–Trinajstić information content (AvgIpc) is 3.03. The molecule has 33 heavy (non-hydrogen) atoms. The van der Waals surface area contributed by atoms with Crippen LogP contribution in [0.2, 0.25) is 0 Å². The summed E-state index contributed by atoms with van der Waals surface area (Å²) in [5.41, 5.74) is 1.60. The van der Waals surface area contributed by atoms with Gasteiger partial charge in [0.25, 0.3) is 0 Å². The van der Waals surface area contributed by atoms with Gasteiger partial charge in [-0.2, -0.15) is 23.8 Å². The van der Waals surface area contributed by atoms with Crippen LogP contribution in [0.15, 0.2) is 12.1 Å². The molecule has 1 saturated heterocycles. The normalized spacial score (nSPS) is 18.5. The van der Waals surface area contributed by atoms with E-state index >= 15 is 0 Å². The smallest absolute Gasteiger partial charge is 0.305 e. The Kier molecular flexibility index (Phi) is 10.4. The number of likely N-dealkylation sites (tertiary alicyclic amines) is 1. The van der Waals surface area contributed by atoms with E-state index in [1.807, 2.05) is 20.8 Å². The van der Waals surface area contributed by atoms with E-state index in [-0.39, 0.29) is 44.7 Å². The van der Waals surface area contributed by atoms with Gasteiger partial charge in [0.15, 0.2) is 0 Å². The third-order valence-electron chi connectivity index (χ3n) is 5.46. The Morgan fingerprint density at radius 3 is 2.48 bits per heavy atom. The molecule has 3 atom stereocenters. The van der Waals surface area contributed by atoms with Crippen LogP contribution in [-0.4, -0.2) is 64.7 Å². The Morgan fingerprint density at radius 1 is 1.27 bits per heavy atom. The molecule has 1 heterocycles. The number of nitrogens with one attached hydrogen (secondary N) is 2. The SMILES string of the molecule is Cc1[c-]cc(C)c(C(=O)N[C@@H](C)C(=O)N2CC(C)(C)C[C@H]2C(=O)N[C@H](C=O)CC(=O)O)c1.[Y]. The summed E-state index contributed by atoms with van der Waals surface area (Å²) in [6.07, 6.45) is 0.165. The molecule has 1 fully saturated rings. The minimum absolute atomic E-state index is 0. The fourth-order valence-corrected chi connectivity index (χ4v) is 3.84. The first kappa shape index (κ1) is 28.9. The number of carbonyl (C=O) groups is 5. The second kappa shape index (κ2) is 11.8. The van der Waals surface area contributed by atoms with Crippen molar-refractivity contribution in [3.8, 4) is 0 Å². The number of aldehydes is 1. The van der Waals surface area contributed by atoms with Gasteiger partial charge >= 0.3 is 5.97 Å². The van der Waals surface area contributed by atoms with Gasteiger partial charge in [-0.1, -0.05) is 33.3 Å². The number of carbonyl (C=O) groups excluding carboxylic acids is 4. The van der Waals surface area contributed by atoms with E-state index in [4.69, 9.17) is 5.11 Å². The standard InChI is InChI=1S/C23H30N3O6.Y/c1-13-6-7-14(2)17(8-13)20(30)24-15(3)22(32)26-12-23(4,5)10-18(26)21(31)25-16(11-27)9-19(28)29;/h7-8,11,15-16,18H,9-10,12H2,1-5H3,(H,24,30)(H,25,31)(H,28,29);/q-1;/t15-,16-,18-;/m0./s1. The van der Waals surface area contributed by atoms with Gasteiger partial charge in [0.2, 0.25) is 17.7 Å². The van der Waals surface area contributed by atoms with E-state index in [1.54, 1.807) is 26.0 Å². The predicted octanol–water partition coefficient (Wildman–Crippen LogP) is 1.00. The van der Waals surface area contributed by atoms with Crippen LogP contribution in [0.1, 0.15) is 55.1 Å². The molecule has 1 aliphatic rings. The maximum atomic E-state index is 13.2. The number of amides is 3. The zero-order valence-electron chi connectivity index (χ0n) is 19.6. The van der Waals surface area contributed by atoms with E-state index in [0.717, 1.165) is 11.1 Å². The van der Waals surface area contributed by atoms with Crippen LogP contribution >= 0.6 is 0 Å². The van der Waals surface area contributed by atoms with E-state index in [0.29, 0.717) is 18.3 Å². The molecule has 10 heteroatoms. The van der Waals surface area contributed by atoms with Crippen molar-refractivity contribution in [1.29, 1.82) is 0 Å². The van der Waals surface area contributed by atoms with Gasteiger partial charge < -0.3 is 25.4 Å². The summed E-state index contributed by atoms with van der Waals surface area (Å²) in [5.74, 6) is -2.64. The Hall–Kier alpha value is -2.13. The van der Waals surface area contributed by atoms with Crippen LogP contribution in [0.5, 0.6) is 0 Å². The Bertz CT molecular complexity index is 933. The predicted molar refractivity (Wildman–Crippen MR) is 116 cm³/mol. The topological polar surface area (TPSA) is 133 Å². The van der Waals surface area contributed by atoms with Crippen LogP contribution < -0.4 is 10.6 Å². The van der Waals surface area contributed by atoms with Crippen LogP contribution in [0.25, 0.3) is 0 Å². The van der Waals surface area contributed by atoms with E-state index in [2.05, 4.69) is 16.7 Å². The molecule has 0 aliphatic carbocycles. The number of carboxylic acid groups (broad SMARTS) is 1. The van der Waals surface area contributed by atoms with Gasteiger partial charge in [0, 0.05) is 39.3 Å².